The van der Waals surface area contributed by atoms with E-state index in [4.69, 9.17) is 50.0 Å². The Bertz CT molecular complexity index is 2170. The van der Waals surface area contributed by atoms with Gasteiger partial charge in [0.1, 0.15) is 11.8 Å². The molecule has 1 saturated heterocycles. The molecule has 0 radical (unpaired) electrons. The lowest BCUT2D eigenvalue weighted by atomic mass is 9.96. The topological polar surface area (TPSA) is 155 Å². The normalized spacial score (nSPS) is 14.8. The molecule has 3 aromatic heterocycles. The van der Waals surface area contributed by atoms with E-state index in [9.17, 15) is 19.2 Å². The van der Waals surface area contributed by atoms with Crippen LogP contribution in [0.5, 0.6) is 5.88 Å². The first-order chi connectivity index (χ1) is 23.1. The minimum absolute atomic E-state index is 0.0433. The van der Waals surface area contributed by atoms with Gasteiger partial charge < -0.3 is 20.5 Å². The van der Waals surface area contributed by atoms with Gasteiger partial charge in [-0.25, -0.2) is 14.8 Å². The third-order valence-corrected chi connectivity index (χ3v) is 9.27. The standard InChI is InChI=1S/C34H26Cl3N5O6/c1-47-32-23(13-27(48-34(38)46)25-8-9-29(44)40-25)24(35)14-26(41-32)22-7-3-6-21(31(22)37)20-5-2-4-19(30(20)36)17-10-11-42-28(12-17)39-15-18(16-43)33(42)45/h2-7,10-12,14-16,25,27H,8-9,13H2,1H3,(H2,38,46)(H,40,44). The summed E-state index contributed by atoms with van der Waals surface area (Å²) in [7, 11) is 1.44. The largest absolute Gasteiger partial charge is 0.481 e. The minimum Gasteiger partial charge on any atom is -0.481 e. The maximum absolute atomic E-state index is 12.5. The Balaban J connectivity index is 1.36. The van der Waals surface area contributed by atoms with Crippen molar-refractivity contribution in [1.29, 1.82) is 0 Å². The molecule has 1 fully saturated rings. The smallest absolute Gasteiger partial charge is 0.404 e. The lowest BCUT2D eigenvalue weighted by Gasteiger charge is -2.24. The number of benzene rings is 2. The molecule has 2 aromatic carbocycles. The Labute approximate surface area is 288 Å². The van der Waals surface area contributed by atoms with Crippen LogP contribution in [0.1, 0.15) is 28.8 Å². The third kappa shape index (κ3) is 6.32. The zero-order chi connectivity index (χ0) is 34.1. The van der Waals surface area contributed by atoms with Crippen LogP contribution in [0.3, 0.4) is 0 Å². The molecular weight excluding hydrogens is 681 g/mol. The van der Waals surface area contributed by atoms with Crippen molar-refractivity contribution in [1.82, 2.24) is 19.7 Å². The van der Waals surface area contributed by atoms with E-state index in [1.807, 2.05) is 30.3 Å². The molecule has 5 aromatic rings. The number of methoxy groups -OCH3 is 1. The molecular formula is C34H26Cl3N5O6. The van der Waals surface area contributed by atoms with Crippen molar-refractivity contribution in [3.05, 3.63) is 104 Å². The molecule has 2 atom stereocenters. The van der Waals surface area contributed by atoms with Crippen LogP contribution in [-0.4, -0.2) is 51.9 Å². The summed E-state index contributed by atoms with van der Waals surface area (Å²) in [6.45, 7) is 0. The summed E-state index contributed by atoms with van der Waals surface area (Å²) < 4.78 is 12.2. The van der Waals surface area contributed by atoms with Gasteiger partial charge in [-0.1, -0.05) is 71.2 Å². The summed E-state index contributed by atoms with van der Waals surface area (Å²) in [5, 5.41) is 3.85. The fourth-order valence-electron chi connectivity index (χ4n) is 5.78. The van der Waals surface area contributed by atoms with Crippen molar-refractivity contribution >= 4 is 58.7 Å². The van der Waals surface area contributed by atoms with Crippen molar-refractivity contribution in [2.24, 2.45) is 5.73 Å². The second-order valence-corrected chi connectivity index (χ2v) is 12.1. The highest BCUT2D eigenvalue weighted by atomic mass is 35.5. The predicted molar refractivity (Wildman–Crippen MR) is 182 cm³/mol. The number of ether oxygens (including phenoxy) is 2. The van der Waals surface area contributed by atoms with Gasteiger partial charge in [0.15, 0.2) is 6.29 Å². The second-order valence-electron chi connectivity index (χ2n) is 11.0. The number of fused-ring (bicyclic) bond motifs is 1. The van der Waals surface area contributed by atoms with Gasteiger partial charge in [0.2, 0.25) is 11.8 Å². The van der Waals surface area contributed by atoms with Crippen LogP contribution in [0, 0.1) is 0 Å². The molecule has 0 saturated carbocycles. The summed E-state index contributed by atoms with van der Waals surface area (Å²) in [5.41, 5.74) is 9.24. The number of hydrogen-bond donors (Lipinski definition) is 2. The fourth-order valence-corrected chi connectivity index (χ4v) is 6.70. The van der Waals surface area contributed by atoms with E-state index in [1.165, 1.54) is 17.7 Å². The maximum Gasteiger partial charge on any atom is 0.404 e. The number of nitrogens with zero attached hydrogens (tertiary/aromatic N) is 3. The first-order valence-electron chi connectivity index (χ1n) is 14.6. The number of primary amides is 1. The molecule has 244 valence electrons. The molecule has 0 bridgehead atoms. The minimum atomic E-state index is -0.979. The number of carbonyl (C=O) groups excluding carboxylic acids is 3. The predicted octanol–water partition coefficient (Wildman–Crippen LogP) is 6.16. The van der Waals surface area contributed by atoms with Crippen LogP contribution in [0.25, 0.3) is 39.2 Å². The number of aromatic nitrogens is 3. The average molecular weight is 707 g/mol. The molecule has 3 N–H and O–H groups in total. The number of aldehydes is 1. The molecule has 48 heavy (non-hydrogen) atoms. The molecule has 0 aliphatic carbocycles. The number of nitrogens with two attached hydrogens (primary N) is 1. The number of rotatable bonds is 9. The van der Waals surface area contributed by atoms with E-state index < -0.39 is 23.8 Å². The molecule has 11 nitrogen and oxygen atoms in total. The van der Waals surface area contributed by atoms with Gasteiger partial charge in [0, 0.05) is 53.1 Å². The fraction of sp³-hybridized carbons (Fsp3) is 0.176. The van der Waals surface area contributed by atoms with E-state index >= 15 is 0 Å². The van der Waals surface area contributed by atoms with Crippen molar-refractivity contribution in [2.45, 2.75) is 31.4 Å². The van der Waals surface area contributed by atoms with Crippen LogP contribution in [0.2, 0.25) is 15.1 Å². The first-order valence-corrected chi connectivity index (χ1v) is 15.8. The van der Waals surface area contributed by atoms with Crippen LogP contribution in [0.4, 0.5) is 4.79 Å². The molecule has 6 rings (SSSR count). The van der Waals surface area contributed by atoms with Crippen LogP contribution in [-0.2, 0) is 16.0 Å². The number of hydrogen-bond acceptors (Lipinski definition) is 8. The number of pyridine rings is 2. The van der Waals surface area contributed by atoms with Crippen molar-refractivity contribution < 1.29 is 23.9 Å². The second kappa shape index (κ2) is 13.6. The number of halogens is 3. The van der Waals surface area contributed by atoms with Gasteiger partial charge in [-0.05, 0) is 30.2 Å². The third-order valence-electron chi connectivity index (χ3n) is 8.11. The molecule has 14 heteroatoms. The Morgan fingerprint density at radius 2 is 1.75 bits per heavy atom. The molecule has 4 heterocycles. The SMILES string of the molecule is COc1nc(-c2cccc(-c3cccc(-c4ccn5c(=O)c(C=O)cnc5c4)c3Cl)c2Cl)cc(Cl)c1CC(OC(N)=O)C1CCC(=O)N1. The van der Waals surface area contributed by atoms with Gasteiger partial charge in [-0.2, -0.15) is 0 Å². The summed E-state index contributed by atoms with van der Waals surface area (Å²) in [4.78, 5) is 56.2. The zero-order valence-electron chi connectivity index (χ0n) is 25.2. The summed E-state index contributed by atoms with van der Waals surface area (Å²) in [6, 6.07) is 15.5. The van der Waals surface area contributed by atoms with E-state index in [-0.39, 0.29) is 28.8 Å². The number of carbonyl (C=O) groups is 3. The van der Waals surface area contributed by atoms with Gasteiger partial charge in [0.25, 0.3) is 5.56 Å². The Morgan fingerprint density at radius 3 is 2.40 bits per heavy atom. The monoisotopic (exact) mass is 705 g/mol. The molecule has 2 amide bonds. The van der Waals surface area contributed by atoms with E-state index in [0.717, 1.165) is 0 Å². The van der Waals surface area contributed by atoms with E-state index in [0.29, 0.717) is 73.9 Å². The maximum atomic E-state index is 12.5. The van der Waals surface area contributed by atoms with Gasteiger partial charge in [-0.15, -0.1) is 0 Å². The number of nitrogens with one attached hydrogen (secondary N) is 1. The average Bonchev–Trinajstić information content (AvgIpc) is 3.51. The van der Waals surface area contributed by atoms with Crippen molar-refractivity contribution in [2.75, 3.05) is 7.11 Å². The van der Waals surface area contributed by atoms with E-state index in [2.05, 4.69) is 15.3 Å². The quantitative estimate of drug-likeness (QED) is 0.173. The summed E-state index contributed by atoms with van der Waals surface area (Å²) >= 11 is 20.8. The highest BCUT2D eigenvalue weighted by Gasteiger charge is 2.33. The van der Waals surface area contributed by atoms with Crippen LogP contribution >= 0.6 is 34.8 Å². The molecule has 2 unspecified atom stereocenters. The lowest BCUT2D eigenvalue weighted by Crippen LogP contribution is -2.42. The van der Waals surface area contributed by atoms with Gasteiger partial charge >= 0.3 is 6.09 Å². The Hall–Kier alpha value is -4.97. The Kier molecular flexibility index (Phi) is 9.36. The van der Waals surface area contributed by atoms with E-state index in [1.54, 1.807) is 30.5 Å². The summed E-state index contributed by atoms with van der Waals surface area (Å²) in [5.74, 6) is 0.0377. The van der Waals surface area contributed by atoms with Gasteiger partial charge in [-0.3, -0.25) is 18.8 Å². The van der Waals surface area contributed by atoms with Crippen molar-refractivity contribution in [3.8, 4) is 39.4 Å². The summed E-state index contributed by atoms with van der Waals surface area (Å²) in [6.07, 6.45) is 2.35. The highest BCUT2D eigenvalue weighted by molar-refractivity contribution is 6.39. The van der Waals surface area contributed by atoms with Crippen molar-refractivity contribution in [3.63, 3.8) is 0 Å². The van der Waals surface area contributed by atoms with Crippen LogP contribution < -0.4 is 21.3 Å². The molecule has 1 aliphatic rings. The highest BCUT2D eigenvalue weighted by Crippen LogP contribution is 2.43. The van der Waals surface area contributed by atoms with Crippen LogP contribution in [0.15, 0.2) is 71.8 Å². The zero-order valence-corrected chi connectivity index (χ0v) is 27.5. The molecule has 0 spiro atoms. The Morgan fingerprint density at radius 1 is 1.06 bits per heavy atom. The lowest BCUT2D eigenvalue weighted by molar-refractivity contribution is -0.119. The number of amides is 2. The first kappa shape index (κ1) is 33.0. The van der Waals surface area contributed by atoms with Gasteiger partial charge in [0.05, 0.1) is 39.5 Å². The molecule has 1 aliphatic heterocycles.